The minimum Gasteiger partial charge on any atom is -0.456 e. The Hall–Kier alpha value is -5.03. The van der Waals surface area contributed by atoms with E-state index in [0.29, 0.717) is 17.1 Å². The van der Waals surface area contributed by atoms with Gasteiger partial charge in [0, 0.05) is 50.6 Å². The van der Waals surface area contributed by atoms with Crippen LogP contribution < -0.4 is 15.4 Å². The number of carbonyl (C=O) groups excluding carboxylic acids is 1. The summed E-state index contributed by atoms with van der Waals surface area (Å²) < 4.78 is 13.2. The van der Waals surface area contributed by atoms with Gasteiger partial charge in [0.2, 0.25) is 0 Å². The number of carbonyl (C=O) groups is 1. The van der Waals surface area contributed by atoms with Gasteiger partial charge in [0.1, 0.15) is 11.5 Å². The largest absolute Gasteiger partial charge is 0.456 e. The molecule has 2 N–H and O–H groups in total. The van der Waals surface area contributed by atoms with E-state index < -0.39 is 5.60 Å². The molecule has 1 spiro atoms. The van der Waals surface area contributed by atoms with Crippen molar-refractivity contribution in [3.63, 3.8) is 0 Å². The van der Waals surface area contributed by atoms with Crippen molar-refractivity contribution in [1.29, 1.82) is 0 Å². The molecule has 2 heterocycles. The summed E-state index contributed by atoms with van der Waals surface area (Å²) >= 11 is 0. The monoisotopic (exact) mass is 538 g/mol. The average Bonchev–Trinajstić information content (AvgIpc) is 3.27. The predicted molar refractivity (Wildman–Crippen MR) is 163 cm³/mol. The van der Waals surface area contributed by atoms with Crippen molar-refractivity contribution in [1.82, 2.24) is 0 Å². The van der Waals surface area contributed by atoms with Gasteiger partial charge in [-0.25, -0.2) is 4.79 Å². The number of rotatable bonds is 4. The zero-order valence-corrected chi connectivity index (χ0v) is 23.5. The lowest BCUT2D eigenvalue weighted by atomic mass is 9.76. The molecular weight excluding hydrogens is 508 g/mol. The van der Waals surface area contributed by atoms with Crippen molar-refractivity contribution in [2.45, 2.75) is 33.3 Å². The molecule has 0 saturated heterocycles. The molecule has 2 aliphatic rings. The Balaban J connectivity index is 1.41. The second kappa shape index (κ2) is 9.27. The molecule has 41 heavy (non-hydrogen) atoms. The average molecular weight is 539 g/mol. The maximum atomic E-state index is 13.3. The fourth-order valence-electron chi connectivity index (χ4n) is 5.92. The highest BCUT2D eigenvalue weighted by Gasteiger charge is 2.54. The van der Waals surface area contributed by atoms with Crippen molar-refractivity contribution < 1.29 is 14.3 Å². The third-order valence-corrected chi connectivity index (χ3v) is 8.21. The zero-order chi connectivity index (χ0) is 28.3. The van der Waals surface area contributed by atoms with Gasteiger partial charge in [-0.15, -0.1) is 0 Å². The predicted octanol–water partition coefficient (Wildman–Crippen LogP) is 8.98. The van der Waals surface area contributed by atoms with Crippen LogP contribution >= 0.6 is 0 Å². The van der Waals surface area contributed by atoms with Crippen LogP contribution in [0.25, 0.3) is 0 Å². The molecule has 0 fully saturated rings. The van der Waals surface area contributed by atoms with E-state index in [0.717, 1.165) is 50.6 Å². The third kappa shape index (κ3) is 3.88. The van der Waals surface area contributed by atoms with E-state index in [1.165, 1.54) is 11.1 Å². The van der Waals surface area contributed by atoms with Gasteiger partial charge in [-0.2, -0.15) is 0 Å². The number of fused-ring (bicyclic) bond motifs is 6. The van der Waals surface area contributed by atoms with Gasteiger partial charge in [-0.1, -0.05) is 53.6 Å². The number of anilines is 4. The lowest BCUT2D eigenvalue weighted by Crippen LogP contribution is -2.33. The van der Waals surface area contributed by atoms with Crippen molar-refractivity contribution in [2.24, 2.45) is 0 Å². The smallest absolute Gasteiger partial charge is 0.340 e. The SMILES string of the molecule is Cc1ccc(Nc2ccc3c(c2C)Oc2c(ccc(Nc4ccc(C)cc4)c2C)C32OC(=O)c3ccccc32)cc1. The Kier molecular flexibility index (Phi) is 5.65. The van der Waals surface area contributed by atoms with Crippen molar-refractivity contribution in [3.8, 4) is 11.5 Å². The molecule has 0 unspecified atom stereocenters. The first kappa shape index (κ1) is 25.0. The lowest BCUT2D eigenvalue weighted by Gasteiger charge is -2.38. The summed E-state index contributed by atoms with van der Waals surface area (Å²) in [6.45, 7) is 8.23. The molecule has 0 saturated carbocycles. The number of hydrogen-bond acceptors (Lipinski definition) is 5. The Bertz CT molecular complexity index is 1740. The maximum absolute atomic E-state index is 13.3. The van der Waals surface area contributed by atoms with Gasteiger partial charge in [-0.05, 0) is 82.3 Å². The molecule has 0 radical (unpaired) electrons. The second-order valence-electron chi connectivity index (χ2n) is 10.9. The van der Waals surface area contributed by atoms with Gasteiger partial charge in [0.05, 0.1) is 5.56 Å². The number of aryl methyl sites for hydroxylation is 2. The Morgan fingerprint density at radius 3 is 1.56 bits per heavy atom. The first-order valence-corrected chi connectivity index (χ1v) is 13.8. The number of benzene rings is 5. The van der Waals surface area contributed by atoms with Crippen LogP contribution in [0.2, 0.25) is 0 Å². The topological polar surface area (TPSA) is 59.6 Å². The van der Waals surface area contributed by atoms with E-state index in [9.17, 15) is 4.79 Å². The van der Waals surface area contributed by atoms with E-state index in [1.54, 1.807) is 0 Å². The molecule has 5 heteroatoms. The van der Waals surface area contributed by atoms with Crippen LogP contribution in [0.5, 0.6) is 11.5 Å². The van der Waals surface area contributed by atoms with E-state index in [1.807, 2.05) is 62.4 Å². The van der Waals surface area contributed by atoms with Crippen LogP contribution in [0.1, 0.15) is 49.3 Å². The van der Waals surface area contributed by atoms with Crippen molar-refractivity contribution in [2.75, 3.05) is 10.6 Å². The van der Waals surface area contributed by atoms with Crippen LogP contribution in [0.15, 0.2) is 97.1 Å². The van der Waals surface area contributed by atoms with Crippen LogP contribution in [-0.2, 0) is 10.3 Å². The summed E-state index contributed by atoms with van der Waals surface area (Å²) in [7, 11) is 0. The van der Waals surface area contributed by atoms with Gasteiger partial charge >= 0.3 is 5.97 Å². The molecule has 0 atom stereocenters. The molecule has 202 valence electrons. The third-order valence-electron chi connectivity index (χ3n) is 8.21. The van der Waals surface area contributed by atoms with Gasteiger partial charge in [0.25, 0.3) is 0 Å². The van der Waals surface area contributed by atoms with Crippen molar-refractivity contribution in [3.05, 3.63) is 142 Å². The minimum atomic E-state index is -1.11. The van der Waals surface area contributed by atoms with E-state index >= 15 is 0 Å². The van der Waals surface area contributed by atoms with Crippen LogP contribution in [0, 0.1) is 27.7 Å². The van der Waals surface area contributed by atoms with Crippen LogP contribution in [0.4, 0.5) is 22.7 Å². The van der Waals surface area contributed by atoms with E-state index in [2.05, 4.69) is 73.0 Å². The maximum Gasteiger partial charge on any atom is 0.340 e. The molecule has 2 aliphatic heterocycles. The Morgan fingerprint density at radius 2 is 1.05 bits per heavy atom. The first-order valence-electron chi connectivity index (χ1n) is 13.8. The molecule has 0 aromatic heterocycles. The highest BCUT2D eigenvalue weighted by atomic mass is 16.6. The highest BCUT2D eigenvalue weighted by molar-refractivity contribution is 5.97. The Labute approximate surface area is 239 Å². The van der Waals surface area contributed by atoms with E-state index in [-0.39, 0.29) is 5.97 Å². The summed E-state index contributed by atoms with van der Waals surface area (Å²) in [5, 5.41) is 7.09. The highest BCUT2D eigenvalue weighted by Crippen LogP contribution is 2.58. The summed E-state index contributed by atoms with van der Waals surface area (Å²) in [5.41, 5.74) is 10.0. The molecule has 5 nitrogen and oxygen atoms in total. The minimum absolute atomic E-state index is 0.335. The first-order chi connectivity index (χ1) is 19.8. The normalized spacial score (nSPS) is 14.0. The standard InChI is InChI=1S/C36H30N2O3/c1-21-9-13-25(14-10-21)37-31-19-17-29-33(23(31)3)40-34-24(4)32(38-26-15-11-22(2)12-16-26)20-18-30(34)36(29)28-8-6-5-7-27(28)35(39)41-36/h5-20,37-38H,1-4H3. The number of hydrogen-bond donors (Lipinski definition) is 2. The number of ether oxygens (including phenoxy) is 2. The molecule has 0 amide bonds. The van der Waals surface area contributed by atoms with Gasteiger partial charge in [-0.3, -0.25) is 0 Å². The molecule has 0 bridgehead atoms. The van der Waals surface area contributed by atoms with Gasteiger partial charge in [0.15, 0.2) is 5.60 Å². The fraction of sp³-hybridized carbons (Fsp3) is 0.139. The zero-order valence-electron chi connectivity index (χ0n) is 23.5. The van der Waals surface area contributed by atoms with Crippen LogP contribution in [-0.4, -0.2) is 5.97 Å². The fourth-order valence-corrected chi connectivity index (χ4v) is 5.92. The molecular formula is C36H30N2O3. The summed E-state index contributed by atoms with van der Waals surface area (Å²) in [6.07, 6.45) is 0. The van der Waals surface area contributed by atoms with E-state index in [4.69, 9.17) is 9.47 Å². The van der Waals surface area contributed by atoms with Gasteiger partial charge < -0.3 is 20.1 Å². The number of esters is 1. The molecule has 0 aliphatic carbocycles. The molecule has 5 aromatic carbocycles. The quantitative estimate of drug-likeness (QED) is 0.224. The van der Waals surface area contributed by atoms with Crippen LogP contribution in [0.3, 0.4) is 0 Å². The summed E-state index contributed by atoms with van der Waals surface area (Å²) in [6, 6.07) is 32.4. The van der Waals surface area contributed by atoms with Crippen molar-refractivity contribution >= 4 is 28.7 Å². The Morgan fingerprint density at radius 1 is 0.561 bits per heavy atom. The summed E-state index contributed by atoms with van der Waals surface area (Å²) in [5.74, 6) is 1.04. The second-order valence-corrected chi connectivity index (χ2v) is 10.9. The molecule has 5 aromatic rings. The molecule has 7 rings (SSSR count). The number of nitrogens with one attached hydrogen (secondary N) is 2. The lowest BCUT2D eigenvalue weighted by molar-refractivity contribution is 0.0223. The summed E-state index contributed by atoms with van der Waals surface area (Å²) in [4.78, 5) is 13.3.